The summed E-state index contributed by atoms with van der Waals surface area (Å²) in [5, 5.41) is 35.2. The lowest BCUT2D eigenvalue weighted by atomic mass is 10.2. The number of hydrogen-bond acceptors (Lipinski definition) is 11. The number of amides is 2. The number of carbonyl (C=O) groups is 4. The third-order valence-electron chi connectivity index (χ3n) is 8.58. The van der Waals surface area contributed by atoms with Crippen molar-refractivity contribution in [2.24, 2.45) is 0 Å². The number of allylic oxidation sites excluding steroid dienone is 2. The third-order valence-corrected chi connectivity index (χ3v) is 8.58. The molecule has 4 N–H and O–H groups in total. The van der Waals surface area contributed by atoms with Gasteiger partial charge in [-0.05, 0) is 64.1 Å². The molecule has 0 aliphatic rings. The van der Waals surface area contributed by atoms with E-state index in [9.17, 15) is 29.4 Å². The number of imidazole rings is 2. The largest absolute Gasteiger partial charge is 0.506 e. The lowest BCUT2D eigenvalue weighted by Gasteiger charge is -2.12. The first-order chi connectivity index (χ1) is 25.9. The van der Waals surface area contributed by atoms with Gasteiger partial charge in [0.2, 0.25) is 11.9 Å². The molecular weight excluding hydrogens is 700 g/mol. The molecule has 0 fully saturated rings. The molecule has 0 unspecified atom stereocenters. The fraction of sp³-hybridized carbons (Fsp3) is 0.278. The van der Waals surface area contributed by atoms with Crippen molar-refractivity contribution in [1.29, 1.82) is 0 Å². The van der Waals surface area contributed by atoms with Crippen molar-refractivity contribution in [3.63, 3.8) is 0 Å². The molecule has 0 atom stereocenters. The lowest BCUT2D eigenvalue weighted by Crippen LogP contribution is -2.20. The monoisotopic (exact) mass is 738 g/mol. The van der Waals surface area contributed by atoms with Crippen LogP contribution in [0.1, 0.15) is 66.9 Å². The lowest BCUT2D eigenvalue weighted by molar-refractivity contribution is 0.0599. The molecule has 0 radical (unpaired) electrons. The Morgan fingerprint density at radius 2 is 1.24 bits per heavy atom. The molecule has 4 heterocycles. The second-order valence-electron chi connectivity index (χ2n) is 12.2. The van der Waals surface area contributed by atoms with Crippen LogP contribution in [0, 0.1) is 13.8 Å². The Morgan fingerprint density at radius 1 is 0.741 bits per heavy atom. The number of carboxylic acids is 1. The minimum Gasteiger partial charge on any atom is -0.506 e. The predicted molar refractivity (Wildman–Crippen MR) is 196 cm³/mol. The van der Waals surface area contributed by atoms with Gasteiger partial charge in [-0.2, -0.15) is 10.2 Å². The molecule has 0 saturated heterocycles. The standard InChI is InChI=1S/C36H38N10O8/c1-7-45-25(13-19(3)41-45)31(48)39-35-37-23-16-22(34(52)54-6)17-27(47)29(23)43(35)11-9-10-12-44-30-24(15-21(33(50)51)18-28(30)53-5)38-36(44)40-32(49)26-14-20(4)42-46(26)8-2/h9-10,13-18,47H,7-8,11-12H2,1-6H3,(H,50,51)(H,37,39,48)(H,38,40,49). The average molecular weight is 739 g/mol. The van der Waals surface area contributed by atoms with E-state index in [2.05, 4.69) is 30.8 Å². The van der Waals surface area contributed by atoms with E-state index in [0.717, 1.165) is 0 Å². The number of aromatic hydroxyl groups is 1. The van der Waals surface area contributed by atoms with Gasteiger partial charge >= 0.3 is 11.9 Å². The summed E-state index contributed by atoms with van der Waals surface area (Å²) in [6, 6.07) is 8.77. The zero-order valence-electron chi connectivity index (χ0n) is 30.4. The van der Waals surface area contributed by atoms with Crippen LogP contribution in [-0.2, 0) is 30.9 Å². The Balaban J connectivity index is 1.38. The van der Waals surface area contributed by atoms with Crippen molar-refractivity contribution in [3.8, 4) is 11.5 Å². The maximum atomic E-state index is 13.5. The van der Waals surface area contributed by atoms with Gasteiger partial charge in [0.1, 0.15) is 33.9 Å². The maximum absolute atomic E-state index is 13.5. The maximum Gasteiger partial charge on any atom is 0.338 e. The van der Waals surface area contributed by atoms with Crippen molar-refractivity contribution >= 4 is 57.7 Å². The number of phenols is 1. The third kappa shape index (κ3) is 6.95. The number of nitrogens with zero attached hydrogens (tertiary/aromatic N) is 8. The normalized spacial score (nSPS) is 11.4. The van der Waals surface area contributed by atoms with Crippen LogP contribution < -0.4 is 15.4 Å². The van der Waals surface area contributed by atoms with E-state index in [-0.39, 0.29) is 64.2 Å². The predicted octanol–water partition coefficient (Wildman–Crippen LogP) is 4.40. The first-order valence-electron chi connectivity index (χ1n) is 16.9. The molecule has 18 nitrogen and oxygen atoms in total. The van der Waals surface area contributed by atoms with Crippen LogP contribution in [0.2, 0.25) is 0 Å². The summed E-state index contributed by atoms with van der Waals surface area (Å²) in [5.41, 5.74) is 3.13. The second kappa shape index (κ2) is 14.9. The van der Waals surface area contributed by atoms with Crippen molar-refractivity contribution < 1.29 is 38.9 Å². The minimum atomic E-state index is -1.18. The highest BCUT2D eigenvalue weighted by atomic mass is 16.5. The Hall–Kier alpha value is -6.98. The van der Waals surface area contributed by atoms with Gasteiger partial charge in [-0.25, -0.2) is 19.6 Å². The number of phenolic OH excluding ortho intramolecular Hbond substituents is 1. The molecule has 2 amide bonds. The van der Waals surface area contributed by atoms with E-state index in [1.165, 1.54) is 38.5 Å². The second-order valence-corrected chi connectivity index (χ2v) is 12.2. The zero-order valence-corrected chi connectivity index (χ0v) is 30.4. The Kier molecular flexibility index (Phi) is 10.2. The summed E-state index contributed by atoms with van der Waals surface area (Å²) in [7, 11) is 2.63. The van der Waals surface area contributed by atoms with E-state index >= 15 is 0 Å². The van der Waals surface area contributed by atoms with Crippen molar-refractivity contribution in [2.45, 2.75) is 53.9 Å². The SMILES string of the molecule is CCn1nc(C)cc1C(=O)Nc1nc2cc(C(=O)OC)cc(O)c2n1CC=CCn1c(NC(=O)c2cc(C)nn2CC)nc2cc(C(=O)O)cc(OC)c21. The fourth-order valence-electron chi connectivity index (χ4n) is 6.17. The summed E-state index contributed by atoms with van der Waals surface area (Å²) in [6.45, 7) is 8.37. The molecule has 0 bridgehead atoms. The number of methoxy groups -OCH3 is 2. The Bertz CT molecular complexity index is 2490. The van der Waals surface area contributed by atoms with Crippen LogP contribution in [0.25, 0.3) is 22.1 Å². The molecule has 6 rings (SSSR count). The minimum absolute atomic E-state index is 0.0500. The molecule has 2 aromatic carbocycles. The van der Waals surface area contributed by atoms with Gasteiger partial charge in [0.25, 0.3) is 11.8 Å². The number of nitrogens with one attached hydrogen (secondary N) is 2. The summed E-state index contributed by atoms with van der Waals surface area (Å²) in [6.07, 6.45) is 3.50. The van der Waals surface area contributed by atoms with E-state index in [1.807, 2.05) is 13.8 Å². The number of aromatic nitrogens is 8. The molecule has 18 heteroatoms. The average Bonchev–Trinajstić information content (AvgIpc) is 3.91. The Morgan fingerprint density at radius 3 is 1.72 bits per heavy atom. The molecule has 6 aromatic rings. The number of hydrogen-bond donors (Lipinski definition) is 4. The quantitative estimate of drug-likeness (QED) is 0.0957. The smallest absolute Gasteiger partial charge is 0.338 e. The van der Waals surface area contributed by atoms with Crippen LogP contribution in [-0.4, -0.2) is 86.8 Å². The van der Waals surface area contributed by atoms with Crippen LogP contribution in [0.4, 0.5) is 11.9 Å². The summed E-state index contributed by atoms with van der Waals surface area (Å²) in [4.78, 5) is 60.3. The van der Waals surface area contributed by atoms with Crippen LogP contribution in [0.15, 0.2) is 48.6 Å². The van der Waals surface area contributed by atoms with E-state index in [1.54, 1.807) is 56.6 Å². The summed E-state index contributed by atoms with van der Waals surface area (Å²) in [5.74, 6) is -2.64. The molecular formula is C36H38N10O8. The number of anilines is 2. The van der Waals surface area contributed by atoms with Crippen molar-refractivity contribution in [3.05, 3.63) is 82.5 Å². The summed E-state index contributed by atoms with van der Waals surface area (Å²) >= 11 is 0. The number of rotatable bonds is 13. The molecule has 0 aliphatic carbocycles. The highest BCUT2D eigenvalue weighted by Crippen LogP contribution is 2.32. The highest BCUT2D eigenvalue weighted by molar-refractivity contribution is 6.05. The fourth-order valence-corrected chi connectivity index (χ4v) is 6.17. The van der Waals surface area contributed by atoms with Crippen LogP contribution >= 0.6 is 0 Å². The number of carbonyl (C=O) groups excluding carboxylic acids is 3. The molecule has 4 aromatic heterocycles. The highest BCUT2D eigenvalue weighted by Gasteiger charge is 2.23. The van der Waals surface area contributed by atoms with Gasteiger partial charge in [0.15, 0.2) is 0 Å². The molecule has 0 aliphatic heterocycles. The van der Waals surface area contributed by atoms with Gasteiger partial charge in [0, 0.05) is 26.2 Å². The number of aromatic carboxylic acids is 1. The van der Waals surface area contributed by atoms with Crippen molar-refractivity contribution in [1.82, 2.24) is 38.7 Å². The van der Waals surface area contributed by atoms with Gasteiger partial charge in [0.05, 0.1) is 47.8 Å². The molecule has 0 spiro atoms. The number of carboxylic acid groups (broad SMARTS) is 1. The summed E-state index contributed by atoms with van der Waals surface area (Å²) < 4.78 is 16.8. The first kappa shape index (κ1) is 36.8. The zero-order chi connectivity index (χ0) is 38.8. The van der Waals surface area contributed by atoms with E-state index in [4.69, 9.17) is 9.47 Å². The molecule has 54 heavy (non-hydrogen) atoms. The number of benzene rings is 2. The number of aryl methyl sites for hydroxylation is 4. The van der Waals surface area contributed by atoms with Gasteiger partial charge in [-0.1, -0.05) is 12.2 Å². The van der Waals surface area contributed by atoms with E-state index < -0.39 is 23.8 Å². The van der Waals surface area contributed by atoms with Crippen molar-refractivity contribution in [2.75, 3.05) is 24.9 Å². The Labute approximate surface area is 307 Å². The molecule has 280 valence electrons. The van der Waals surface area contributed by atoms with Gasteiger partial charge in [-0.3, -0.25) is 29.6 Å². The van der Waals surface area contributed by atoms with Gasteiger partial charge in [-0.15, -0.1) is 0 Å². The van der Waals surface area contributed by atoms with Crippen LogP contribution in [0.5, 0.6) is 11.5 Å². The number of ether oxygens (including phenoxy) is 2. The first-order valence-corrected chi connectivity index (χ1v) is 16.9. The topological polar surface area (TPSA) is 223 Å². The number of esters is 1. The van der Waals surface area contributed by atoms with Crippen LogP contribution in [0.3, 0.4) is 0 Å². The van der Waals surface area contributed by atoms with E-state index in [0.29, 0.717) is 41.4 Å². The number of fused-ring (bicyclic) bond motifs is 2. The molecule has 0 saturated carbocycles. The van der Waals surface area contributed by atoms with Gasteiger partial charge < -0.3 is 28.8 Å².